The van der Waals surface area contributed by atoms with Crippen molar-refractivity contribution in [1.29, 1.82) is 0 Å². The molecule has 2 N–H and O–H groups in total. The van der Waals surface area contributed by atoms with Crippen LogP contribution in [0.25, 0.3) is 0 Å². The molecule has 0 spiro atoms. The van der Waals surface area contributed by atoms with Crippen LogP contribution in [0, 0.1) is 19.8 Å². The minimum atomic E-state index is -0.284. The maximum absolute atomic E-state index is 12.0. The van der Waals surface area contributed by atoms with E-state index in [-0.39, 0.29) is 17.6 Å². The zero-order valence-corrected chi connectivity index (χ0v) is 16.0. The average molecular weight is 360 g/mol. The Hall–Kier alpha value is -2.57. The number of rotatable bonds is 9. The first kappa shape index (κ1) is 19.8. The van der Waals surface area contributed by atoms with Crippen molar-refractivity contribution in [2.24, 2.45) is 5.92 Å². The molecular weight excluding hydrogens is 332 g/mol. The summed E-state index contributed by atoms with van der Waals surface area (Å²) < 4.78 is 7.03. The average Bonchev–Trinajstić information content (AvgIpc) is 3.19. The predicted octanol–water partition coefficient (Wildman–Crippen LogP) is 2.23. The van der Waals surface area contributed by atoms with Crippen LogP contribution in [0.2, 0.25) is 0 Å². The third kappa shape index (κ3) is 5.47. The Morgan fingerprint density at radius 1 is 1.23 bits per heavy atom. The number of amides is 2. The summed E-state index contributed by atoms with van der Waals surface area (Å²) in [5, 5.41) is 10.1. The second kappa shape index (κ2) is 9.22. The second-order valence-electron chi connectivity index (χ2n) is 6.81. The highest BCUT2D eigenvalue weighted by Crippen LogP contribution is 2.16. The number of aromatic nitrogens is 2. The maximum atomic E-state index is 12.0. The van der Waals surface area contributed by atoms with E-state index in [9.17, 15) is 9.59 Å². The van der Waals surface area contributed by atoms with Crippen LogP contribution in [-0.4, -0.2) is 34.7 Å². The zero-order chi connectivity index (χ0) is 19.1. The number of nitrogens with zero attached hydrogens (tertiary/aromatic N) is 2. The Morgan fingerprint density at radius 3 is 2.62 bits per heavy atom. The van der Waals surface area contributed by atoms with Crippen LogP contribution in [0.15, 0.2) is 22.8 Å². The molecule has 0 aliphatic heterocycles. The van der Waals surface area contributed by atoms with E-state index < -0.39 is 0 Å². The fraction of sp³-hybridized carbons (Fsp3) is 0.526. The normalized spacial score (nSPS) is 11.0. The van der Waals surface area contributed by atoms with Gasteiger partial charge in [0, 0.05) is 31.7 Å². The van der Waals surface area contributed by atoms with Crippen molar-refractivity contribution >= 4 is 11.8 Å². The van der Waals surface area contributed by atoms with Crippen LogP contribution in [0.4, 0.5) is 0 Å². The van der Waals surface area contributed by atoms with Crippen molar-refractivity contribution in [3.05, 3.63) is 41.1 Å². The van der Waals surface area contributed by atoms with Gasteiger partial charge < -0.3 is 15.1 Å². The molecule has 142 valence electrons. The Kier molecular flexibility index (Phi) is 7.00. The summed E-state index contributed by atoms with van der Waals surface area (Å²) in [7, 11) is 0. The monoisotopic (exact) mass is 360 g/mol. The lowest BCUT2D eigenvalue weighted by Gasteiger charge is -2.08. The van der Waals surface area contributed by atoms with Crippen molar-refractivity contribution in [2.45, 2.75) is 47.1 Å². The van der Waals surface area contributed by atoms with Crippen molar-refractivity contribution in [3.63, 3.8) is 0 Å². The van der Waals surface area contributed by atoms with Gasteiger partial charge >= 0.3 is 0 Å². The van der Waals surface area contributed by atoms with Gasteiger partial charge in [-0.1, -0.05) is 13.8 Å². The summed E-state index contributed by atoms with van der Waals surface area (Å²) in [5.41, 5.74) is 3.27. The summed E-state index contributed by atoms with van der Waals surface area (Å²) in [5.74, 6) is 0.474. The minimum Gasteiger partial charge on any atom is -0.459 e. The largest absolute Gasteiger partial charge is 0.459 e. The smallest absolute Gasteiger partial charge is 0.287 e. The number of furan rings is 1. The third-order valence-corrected chi connectivity index (χ3v) is 4.15. The molecule has 2 aromatic heterocycles. The van der Waals surface area contributed by atoms with E-state index >= 15 is 0 Å². The van der Waals surface area contributed by atoms with Gasteiger partial charge in [-0.15, -0.1) is 0 Å². The Bertz CT molecular complexity index is 732. The molecule has 2 aromatic rings. The van der Waals surface area contributed by atoms with Crippen molar-refractivity contribution in [3.8, 4) is 0 Å². The van der Waals surface area contributed by atoms with Crippen molar-refractivity contribution in [1.82, 2.24) is 20.4 Å². The molecule has 2 heterocycles. The van der Waals surface area contributed by atoms with E-state index in [4.69, 9.17) is 4.42 Å². The molecule has 0 aromatic carbocycles. The molecule has 0 unspecified atom stereocenters. The first-order valence-corrected chi connectivity index (χ1v) is 8.99. The predicted molar refractivity (Wildman–Crippen MR) is 98.9 cm³/mol. The van der Waals surface area contributed by atoms with Gasteiger partial charge in [-0.2, -0.15) is 5.10 Å². The van der Waals surface area contributed by atoms with E-state index in [1.165, 1.54) is 6.26 Å². The minimum absolute atomic E-state index is 0.0346. The molecule has 7 nitrogen and oxygen atoms in total. The van der Waals surface area contributed by atoms with E-state index in [0.717, 1.165) is 23.5 Å². The van der Waals surface area contributed by atoms with Gasteiger partial charge in [-0.25, -0.2) is 0 Å². The van der Waals surface area contributed by atoms with Crippen LogP contribution in [0.3, 0.4) is 0 Å². The van der Waals surface area contributed by atoms with Crippen molar-refractivity contribution < 1.29 is 14.0 Å². The van der Waals surface area contributed by atoms with Crippen LogP contribution >= 0.6 is 0 Å². The highest BCUT2D eigenvalue weighted by atomic mass is 16.3. The zero-order valence-electron chi connectivity index (χ0n) is 16.0. The SMILES string of the molecule is Cc1nn(CC(C)C)c(C)c1CCC(=O)NCCNC(=O)c1ccco1. The molecular formula is C19H28N4O3. The highest BCUT2D eigenvalue weighted by molar-refractivity contribution is 5.91. The van der Waals surface area contributed by atoms with Gasteiger partial charge in [-0.3, -0.25) is 14.3 Å². The fourth-order valence-electron chi connectivity index (χ4n) is 2.82. The summed E-state index contributed by atoms with van der Waals surface area (Å²) in [6, 6.07) is 3.25. The molecule has 0 saturated carbocycles. The lowest BCUT2D eigenvalue weighted by Crippen LogP contribution is -2.34. The molecule has 0 bridgehead atoms. The lowest BCUT2D eigenvalue weighted by molar-refractivity contribution is -0.121. The second-order valence-corrected chi connectivity index (χ2v) is 6.81. The number of nitrogens with one attached hydrogen (secondary N) is 2. The Balaban J connectivity index is 1.72. The fourth-order valence-corrected chi connectivity index (χ4v) is 2.82. The summed E-state index contributed by atoms with van der Waals surface area (Å²) in [6.45, 7) is 9.99. The molecule has 0 radical (unpaired) electrons. The molecule has 7 heteroatoms. The standard InChI is InChI=1S/C19H28N4O3/c1-13(2)12-23-15(4)16(14(3)22-23)7-8-18(24)20-9-10-21-19(25)17-6-5-11-26-17/h5-6,11,13H,7-10,12H2,1-4H3,(H,20,24)(H,21,25). The van der Waals surface area contributed by atoms with Crippen molar-refractivity contribution in [2.75, 3.05) is 13.1 Å². The maximum Gasteiger partial charge on any atom is 0.287 e. The number of carbonyl (C=O) groups excluding carboxylic acids is 2. The summed E-state index contributed by atoms with van der Waals surface area (Å²) in [4.78, 5) is 23.7. The van der Waals surface area contributed by atoms with Crippen LogP contribution in [0.1, 0.15) is 47.8 Å². The number of carbonyl (C=O) groups is 2. The molecule has 2 amide bonds. The van der Waals surface area contributed by atoms with E-state index in [1.54, 1.807) is 12.1 Å². The van der Waals surface area contributed by atoms with Crippen LogP contribution in [-0.2, 0) is 17.8 Å². The quantitative estimate of drug-likeness (QED) is 0.671. The van der Waals surface area contributed by atoms with Gasteiger partial charge in [-0.05, 0) is 43.9 Å². The number of aryl methyl sites for hydroxylation is 1. The molecule has 0 fully saturated rings. The van der Waals surface area contributed by atoms with E-state index in [1.807, 2.05) is 11.6 Å². The van der Waals surface area contributed by atoms with Gasteiger partial charge in [0.2, 0.25) is 5.91 Å². The van der Waals surface area contributed by atoms with E-state index in [0.29, 0.717) is 31.8 Å². The molecule has 2 rings (SSSR count). The molecule has 0 aliphatic carbocycles. The van der Waals surface area contributed by atoms with Gasteiger partial charge in [0.1, 0.15) is 0 Å². The topological polar surface area (TPSA) is 89.2 Å². The Labute approximate surface area is 154 Å². The Morgan fingerprint density at radius 2 is 1.96 bits per heavy atom. The number of hydrogen-bond donors (Lipinski definition) is 2. The first-order chi connectivity index (χ1) is 12.4. The lowest BCUT2D eigenvalue weighted by atomic mass is 10.1. The van der Waals surface area contributed by atoms with E-state index in [2.05, 4.69) is 36.5 Å². The third-order valence-electron chi connectivity index (χ3n) is 4.15. The van der Waals surface area contributed by atoms with Crippen LogP contribution in [0.5, 0.6) is 0 Å². The molecule has 26 heavy (non-hydrogen) atoms. The molecule has 0 aliphatic rings. The van der Waals surface area contributed by atoms with Gasteiger partial charge in [0.05, 0.1) is 12.0 Å². The highest BCUT2D eigenvalue weighted by Gasteiger charge is 2.14. The molecule has 0 saturated heterocycles. The summed E-state index contributed by atoms with van der Waals surface area (Å²) >= 11 is 0. The number of hydrogen-bond acceptors (Lipinski definition) is 4. The van der Waals surface area contributed by atoms with Gasteiger partial charge in [0.15, 0.2) is 5.76 Å². The summed E-state index contributed by atoms with van der Waals surface area (Å²) in [6.07, 6.45) is 2.52. The van der Waals surface area contributed by atoms with Crippen LogP contribution < -0.4 is 10.6 Å². The first-order valence-electron chi connectivity index (χ1n) is 8.99. The van der Waals surface area contributed by atoms with Gasteiger partial charge in [0.25, 0.3) is 5.91 Å². The molecule has 0 atom stereocenters.